The molecular formula is C12H13N3O3. The molecule has 1 aromatic carbocycles. The van der Waals surface area contributed by atoms with Gasteiger partial charge in [0, 0.05) is 5.56 Å². The lowest BCUT2D eigenvalue weighted by Gasteiger charge is -2.09. The summed E-state index contributed by atoms with van der Waals surface area (Å²) in [5.41, 5.74) is 1.37. The third kappa shape index (κ3) is 2.48. The molecule has 0 aliphatic carbocycles. The second-order valence-corrected chi connectivity index (χ2v) is 3.61. The average molecular weight is 247 g/mol. The molecule has 18 heavy (non-hydrogen) atoms. The molecule has 0 fully saturated rings. The highest BCUT2D eigenvalue weighted by molar-refractivity contribution is 5.89. The van der Waals surface area contributed by atoms with Crippen LogP contribution in [0.15, 0.2) is 30.9 Å². The van der Waals surface area contributed by atoms with Crippen LogP contribution in [0.5, 0.6) is 5.75 Å². The van der Waals surface area contributed by atoms with Crippen molar-refractivity contribution in [3.05, 3.63) is 42.0 Å². The number of benzene rings is 1. The number of rotatable bonds is 4. The topological polar surface area (TPSA) is 66.2 Å². The van der Waals surface area contributed by atoms with Crippen LogP contribution in [0.25, 0.3) is 0 Å². The van der Waals surface area contributed by atoms with Crippen molar-refractivity contribution in [1.82, 2.24) is 14.8 Å². The van der Waals surface area contributed by atoms with E-state index in [2.05, 4.69) is 14.8 Å². The maximum atomic E-state index is 11.4. The molecule has 0 bridgehead atoms. The summed E-state index contributed by atoms with van der Waals surface area (Å²) in [4.78, 5) is 15.3. The zero-order chi connectivity index (χ0) is 13.0. The molecule has 0 atom stereocenters. The molecule has 2 rings (SSSR count). The highest BCUT2D eigenvalue weighted by Gasteiger charge is 2.10. The van der Waals surface area contributed by atoms with E-state index in [1.54, 1.807) is 30.3 Å². The van der Waals surface area contributed by atoms with Crippen molar-refractivity contribution in [3.63, 3.8) is 0 Å². The Morgan fingerprint density at radius 1 is 1.39 bits per heavy atom. The first-order valence-electron chi connectivity index (χ1n) is 5.32. The first kappa shape index (κ1) is 12.1. The molecule has 6 nitrogen and oxygen atoms in total. The van der Waals surface area contributed by atoms with Crippen molar-refractivity contribution in [2.45, 2.75) is 6.54 Å². The number of esters is 1. The van der Waals surface area contributed by atoms with Crippen LogP contribution < -0.4 is 4.74 Å². The standard InChI is InChI=1S/C12H13N3O3/c1-17-11-5-9(12(16)18-2)3-4-10(11)6-15-8-13-7-14-15/h3-5,7-8H,6H2,1-2H3. The molecule has 6 heteroatoms. The van der Waals surface area contributed by atoms with E-state index in [-0.39, 0.29) is 5.97 Å². The predicted molar refractivity (Wildman–Crippen MR) is 63.5 cm³/mol. The van der Waals surface area contributed by atoms with Gasteiger partial charge in [-0.05, 0) is 12.1 Å². The Morgan fingerprint density at radius 3 is 2.83 bits per heavy atom. The maximum absolute atomic E-state index is 11.4. The van der Waals surface area contributed by atoms with Crippen LogP contribution in [0.1, 0.15) is 15.9 Å². The largest absolute Gasteiger partial charge is 0.496 e. The zero-order valence-electron chi connectivity index (χ0n) is 10.2. The Balaban J connectivity index is 2.28. The van der Waals surface area contributed by atoms with Gasteiger partial charge < -0.3 is 9.47 Å². The molecule has 0 amide bonds. The van der Waals surface area contributed by atoms with Crippen LogP contribution in [0, 0.1) is 0 Å². The molecule has 0 saturated heterocycles. The van der Waals surface area contributed by atoms with Gasteiger partial charge in [-0.1, -0.05) is 6.07 Å². The SMILES string of the molecule is COC(=O)c1ccc(Cn2cncn2)c(OC)c1. The van der Waals surface area contributed by atoms with Gasteiger partial charge in [-0.25, -0.2) is 14.5 Å². The monoisotopic (exact) mass is 247 g/mol. The van der Waals surface area contributed by atoms with E-state index in [0.29, 0.717) is 17.9 Å². The lowest BCUT2D eigenvalue weighted by atomic mass is 10.1. The normalized spacial score (nSPS) is 10.1. The van der Waals surface area contributed by atoms with Crippen molar-refractivity contribution in [1.29, 1.82) is 0 Å². The van der Waals surface area contributed by atoms with E-state index >= 15 is 0 Å². The minimum atomic E-state index is -0.388. The van der Waals surface area contributed by atoms with Gasteiger partial charge in [-0.2, -0.15) is 5.10 Å². The molecular weight excluding hydrogens is 234 g/mol. The summed E-state index contributed by atoms with van der Waals surface area (Å²) in [5, 5.41) is 4.02. The van der Waals surface area contributed by atoms with E-state index in [9.17, 15) is 4.79 Å². The lowest BCUT2D eigenvalue weighted by Crippen LogP contribution is -2.05. The summed E-state index contributed by atoms with van der Waals surface area (Å²) in [5.74, 6) is 0.231. The van der Waals surface area contributed by atoms with Crippen LogP contribution in [0.2, 0.25) is 0 Å². The minimum absolute atomic E-state index is 0.388. The summed E-state index contributed by atoms with van der Waals surface area (Å²) in [7, 11) is 2.90. The highest BCUT2D eigenvalue weighted by Crippen LogP contribution is 2.21. The minimum Gasteiger partial charge on any atom is -0.496 e. The molecule has 0 spiro atoms. The third-order valence-electron chi connectivity index (χ3n) is 2.51. The quantitative estimate of drug-likeness (QED) is 0.757. The van der Waals surface area contributed by atoms with E-state index in [1.165, 1.54) is 13.4 Å². The number of nitrogens with zero attached hydrogens (tertiary/aromatic N) is 3. The Hall–Kier alpha value is -2.37. The summed E-state index contributed by atoms with van der Waals surface area (Å²) in [6.07, 6.45) is 3.09. The van der Waals surface area contributed by atoms with Crippen LogP contribution in [-0.2, 0) is 11.3 Å². The number of aromatic nitrogens is 3. The summed E-state index contributed by atoms with van der Waals surface area (Å²) in [6, 6.07) is 5.16. The smallest absolute Gasteiger partial charge is 0.337 e. The molecule has 0 aliphatic heterocycles. The van der Waals surface area contributed by atoms with E-state index in [4.69, 9.17) is 4.74 Å². The Kier molecular flexibility index (Phi) is 3.57. The molecule has 1 aromatic heterocycles. The molecule has 1 heterocycles. The fourth-order valence-corrected chi connectivity index (χ4v) is 1.61. The molecule has 0 unspecified atom stereocenters. The van der Waals surface area contributed by atoms with Crippen molar-refractivity contribution in [2.24, 2.45) is 0 Å². The summed E-state index contributed by atoms with van der Waals surface area (Å²) in [6.45, 7) is 0.532. The fraction of sp³-hybridized carbons (Fsp3) is 0.250. The zero-order valence-corrected chi connectivity index (χ0v) is 10.2. The number of hydrogen-bond acceptors (Lipinski definition) is 5. The highest BCUT2D eigenvalue weighted by atomic mass is 16.5. The molecule has 0 aliphatic rings. The van der Waals surface area contributed by atoms with E-state index in [1.807, 2.05) is 6.07 Å². The second kappa shape index (κ2) is 5.31. The third-order valence-corrected chi connectivity index (χ3v) is 2.51. The second-order valence-electron chi connectivity index (χ2n) is 3.61. The maximum Gasteiger partial charge on any atom is 0.337 e. The van der Waals surface area contributed by atoms with Gasteiger partial charge in [0.15, 0.2) is 0 Å². The van der Waals surface area contributed by atoms with Gasteiger partial charge >= 0.3 is 5.97 Å². The number of hydrogen-bond donors (Lipinski definition) is 0. The number of carbonyl (C=O) groups excluding carboxylic acids is 1. The summed E-state index contributed by atoms with van der Waals surface area (Å²) < 4.78 is 11.6. The van der Waals surface area contributed by atoms with Crippen LogP contribution >= 0.6 is 0 Å². The number of methoxy groups -OCH3 is 2. The van der Waals surface area contributed by atoms with Gasteiger partial charge in [0.25, 0.3) is 0 Å². The Morgan fingerprint density at radius 2 is 2.22 bits per heavy atom. The van der Waals surface area contributed by atoms with Crippen molar-refractivity contribution in [3.8, 4) is 5.75 Å². The lowest BCUT2D eigenvalue weighted by molar-refractivity contribution is 0.0600. The molecule has 0 radical (unpaired) electrons. The first-order valence-corrected chi connectivity index (χ1v) is 5.32. The molecule has 2 aromatic rings. The van der Waals surface area contributed by atoms with Crippen LogP contribution in [0.4, 0.5) is 0 Å². The Labute approximate surface area is 104 Å². The van der Waals surface area contributed by atoms with Gasteiger partial charge in [-0.15, -0.1) is 0 Å². The van der Waals surface area contributed by atoms with Gasteiger partial charge in [0.05, 0.1) is 26.3 Å². The van der Waals surface area contributed by atoms with Gasteiger partial charge in [-0.3, -0.25) is 0 Å². The van der Waals surface area contributed by atoms with Gasteiger partial charge in [0.2, 0.25) is 0 Å². The molecule has 94 valence electrons. The number of ether oxygens (including phenoxy) is 2. The van der Waals surface area contributed by atoms with Gasteiger partial charge in [0.1, 0.15) is 18.4 Å². The summed E-state index contributed by atoms with van der Waals surface area (Å²) >= 11 is 0. The Bertz CT molecular complexity index is 538. The van der Waals surface area contributed by atoms with Crippen molar-refractivity contribution < 1.29 is 14.3 Å². The van der Waals surface area contributed by atoms with Crippen molar-refractivity contribution >= 4 is 5.97 Å². The number of carbonyl (C=O) groups is 1. The molecule has 0 saturated carbocycles. The van der Waals surface area contributed by atoms with Crippen LogP contribution in [0.3, 0.4) is 0 Å². The van der Waals surface area contributed by atoms with E-state index in [0.717, 1.165) is 5.56 Å². The molecule has 0 N–H and O–H groups in total. The predicted octanol–water partition coefficient (Wildman–Crippen LogP) is 1.12. The first-order chi connectivity index (χ1) is 8.74. The average Bonchev–Trinajstić information content (AvgIpc) is 2.91. The van der Waals surface area contributed by atoms with Crippen molar-refractivity contribution in [2.75, 3.05) is 14.2 Å². The van der Waals surface area contributed by atoms with Crippen LogP contribution in [-0.4, -0.2) is 35.0 Å². The fourth-order valence-electron chi connectivity index (χ4n) is 1.61. The van der Waals surface area contributed by atoms with E-state index < -0.39 is 0 Å².